The lowest BCUT2D eigenvalue weighted by Gasteiger charge is -2.03. The Balaban J connectivity index is 2.55. The summed E-state index contributed by atoms with van der Waals surface area (Å²) in [5, 5.41) is 23.3. The highest BCUT2D eigenvalue weighted by Crippen LogP contribution is 2.21. The Morgan fingerprint density at radius 1 is 1.44 bits per heavy atom. The number of carboxylic acids is 1. The zero-order valence-corrected chi connectivity index (χ0v) is 10.4. The van der Waals surface area contributed by atoms with Gasteiger partial charge >= 0.3 is 11.8 Å². The van der Waals surface area contributed by atoms with Crippen molar-refractivity contribution >= 4 is 27.7 Å². The summed E-state index contributed by atoms with van der Waals surface area (Å²) in [6.45, 7) is 0. The SMILES string of the molecule is O=C(O)c1cc(Br)ccc1-n1ccc([N+](=O)[O-])n1. The molecule has 0 saturated heterocycles. The van der Waals surface area contributed by atoms with Crippen molar-refractivity contribution in [1.29, 1.82) is 0 Å². The number of halogens is 1. The number of aromatic nitrogens is 2. The van der Waals surface area contributed by atoms with E-state index in [4.69, 9.17) is 5.11 Å². The molecule has 8 heteroatoms. The van der Waals surface area contributed by atoms with Crippen LogP contribution in [-0.2, 0) is 0 Å². The van der Waals surface area contributed by atoms with Crippen LogP contribution in [0.25, 0.3) is 5.69 Å². The smallest absolute Gasteiger partial charge is 0.390 e. The van der Waals surface area contributed by atoms with Crippen molar-refractivity contribution in [3.05, 3.63) is 50.6 Å². The predicted molar refractivity (Wildman–Crippen MR) is 64.9 cm³/mol. The molecule has 1 heterocycles. The van der Waals surface area contributed by atoms with E-state index in [0.29, 0.717) is 4.47 Å². The van der Waals surface area contributed by atoms with E-state index in [0.717, 1.165) is 4.68 Å². The Kier molecular flexibility index (Phi) is 3.11. The van der Waals surface area contributed by atoms with Crippen molar-refractivity contribution in [3.8, 4) is 5.69 Å². The molecule has 0 amide bonds. The van der Waals surface area contributed by atoms with Crippen LogP contribution in [0.1, 0.15) is 10.4 Å². The van der Waals surface area contributed by atoms with Gasteiger partial charge in [-0.2, -0.15) is 0 Å². The molecule has 0 atom stereocenters. The van der Waals surface area contributed by atoms with Crippen molar-refractivity contribution in [3.63, 3.8) is 0 Å². The largest absolute Gasteiger partial charge is 0.478 e. The monoisotopic (exact) mass is 311 g/mol. The Morgan fingerprint density at radius 3 is 2.72 bits per heavy atom. The lowest BCUT2D eigenvalue weighted by atomic mass is 10.2. The number of hydrogen-bond acceptors (Lipinski definition) is 4. The first kappa shape index (κ1) is 12.2. The van der Waals surface area contributed by atoms with E-state index in [1.807, 2.05) is 0 Å². The van der Waals surface area contributed by atoms with Gasteiger partial charge in [-0.15, -0.1) is 4.68 Å². The fourth-order valence-corrected chi connectivity index (χ4v) is 1.79. The quantitative estimate of drug-likeness (QED) is 0.692. The Hall–Kier alpha value is -2.22. The van der Waals surface area contributed by atoms with Gasteiger partial charge in [0.15, 0.2) is 0 Å². The van der Waals surface area contributed by atoms with Crippen LogP contribution >= 0.6 is 15.9 Å². The van der Waals surface area contributed by atoms with Gasteiger partial charge in [0.25, 0.3) is 0 Å². The molecular formula is C10H6BrN3O4. The lowest BCUT2D eigenvalue weighted by molar-refractivity contribution is -0.389. The summed E-state index contributed by atoms with van der Waals surface area (Å²) in [5.41, 5.74) is 0.265. The summed E-state index contributed by atoms with van der Waals surface area (Å²) in [6.07, 6.45) is 1.34. The van der Waals surface area contributed by atoms with Gasteiger partial charge in [-0.3, -0.25) is 0 Å². The van der Waals surface area contributed by atoms with Crippen LogP contribution < -0.4 is 0 Å². The van der Waals surface area contributed by atoms with Crippen molar-refractivity contribution in [1.82, 2.24) is 9.78 Å². The van der Waals surface area contributed by atoms with Crippen molar-refractivity contribution < 1.29 is 14.8 Å². The van der Waals surface area contributed by atoms with Gasteiger partial charge in [-0.05, 0) is 23.1 Å². The summed E-state index contributed by atoms with van der Waals surface area (Å²) < 4.78 is 1.76. The van der Waals surface area contributed by atoms with E-state index in [-0.39, 0.29) is 17.1 Å². The number of benzene rings is 1. The summed E-state index contributed by atoms with van der Waals surface area (Å²) in [7, 11) is 0. The van der Waals surface area contributed by atoms with Crippen LogP contribution in [0.5, 0.6) is 0 Å². The first-order valence-electron chi connectivity index (χ1n) is 4.72. The van der Waals surface area contributed by atoms with Gasteiger partial charge < -0.3 is 15.2 Å². The number of carbonyl (C=O) groups is 1. The predicted octanol–water partition coefficient (Wildman–Crippen LogP) is 2.24. The van der Waals surface area contributed by atoms with E-state index in [1.54, 1.807) is 6.07 Å². The van der Waals surface area contributed by atoms with Crippen LogP contribution in [0, 0.1) is 10.1 Å². The molecule has 92 valence electrons. The van der Waals surface area contributed by atoms with Crippen molar-refractivity contribution in [2.45, 2.75) is 0 Å². The third-order valence-electron chi connectivity index (χ3n) is 2.20. The molecule has 2 aromatic rings. The molecule has 0 aliphatic carbocycles. The molecule has 0 aliphatic rings. The number of nitro groups is 1. The Bertz CT molecular complexity index is 638. The van der Waals surface area contributed by atoms with Gasteiger partial charge in [0.1, 0.15) is 5.69 Å². The summed E-state index contributed by atoms with van der Waals surface area (Å²) >= 11 is 3.16. The van der Waals surface area contributed by atoms with E-state index in [9.17, 15) is 14.9 Å². The van der Waals surface area contributed by atoms with Crippen molar-refractivity contribution in [2.75, 3.05) is 0 Å². The minimum Gasteiger partial charge on any atom is -0.478 e. The molecule has 1 aromatic carbocycles. The highest BCUT2D eigenvalue weighted by molar-refractivity contribution is 9.10. The first-order chi connectivity index (χ1) is 8.49. The number of carboxylic acid groups (broad SMARTS) is 1. The second kappa shape index (κ2) is 4.57. The van der Waals surface area contributed by atoms with Gasteiger partial charge in [0.05, 0.1) is 22.9 Å². The van der Waals surface area contributed by atoms with Gasteiger partial charge in [-0.1, -0.05) is 15.9 Å². The zero-order valence-electron chi connectivity index (χ0n) is 8.78. The van der Waals surface area contributed by atoms with Crippen molar-refractivity contribution in [2.24, 2.45) is 0 Å². The van der Waals surface area contributed by atoms with Gasteiger partial charge in [0.2, 0.25) is 0 Å². The molecule has 1 N–H and O–H groups in total. The van der Waals surface area contributed by atoms with Gasteiger partial charge in [0, 0.05) is 4.47 Å². The van der Waals surface area contributed by atoms with Crippen LogP contribution in [0.2, 0.25) is 0 Å². The molecule has 0 aliphatic heterocycles. The Morgan fingerprint density at radius 2 is 2.17 bits per heavy atom. The molecule has 0 unspecified atom stereocenters. The Labute approximate surface area is 109 Å². The molecular weight excluding hydrogens is 306 g/mol. The molecule has 0 spiro atoms. The first-order valence-corrected chi connectivity index (χ1v) is 5.51. The maximum atomic E-state index is 11.1. The maximum absolute atomic E-state index is 11.1. The number of rotatable bonds is 3. The molecule has 2 rings (SSSR count). The third kappa shape index (κ3) is 2.23. The second-order valence-electron chi connectivity index (χ2n) is 3.34. The average molecular weight is 312 g/mol. The fraction of sp³-hybridized carbons (Fsp3) is 0. The third-order valence-corrected chi connectivity index (χ3v) is 2.69. The normalized spacial score (nSPS) is 10.3. The minimum absolute atomic E-state index is 0.00220. The number of aromatic carboxylic acids is 1. The topological polar surface area (TPSA) is 98.3 Å². The summed E-state index contributed by atoms with van der Waals surface area (Å²) in [6, 6.07) is 5.76. The molecule has 7 nitrogen and oxygen atoms in total. The molecule has 0 fully saturated rings. The van der Waals surface area contributed by atoms with Gasteiger partial charge in [-0.25, -0.2) is 4.79 Å². The molecule has 0 saturated carbocycles. The van der Waals surface area contributed by atoms with Crippen LogP contribution in [0.4, 0.5) is 5.82 Å². The maximum Gasteiger partial charge on any atom is 0.390 e. The van der Waals surface area contributed by atoms with Crippen LogP contribution in [0.15, 0.2) is 34.9 Å². The minimum atomic E-state index is -1.13. The molecule has 0 bridgehead atoms. The summed E-state index contributed by atoms with van der Waals surface area (Å²) in [4.78, 5) is 21.0. The van der Waals surface area contributed by atoms with E-state index >= 15 is 0 Å². The molecule has 0 radical (unpaired) electrons. The van der Waals surface area contributed by atoms with E-state index < -0.39 is 10.9 Å². The standard InChI is InChI=1S/C10H6BrN3O4/c11-6-1-2-8(7(5-6)10(15)16)13-4-3-9(12-13)14(17)18/h1-5H,(H,15,16). The zero-order chi connectivity index (χ0) is 13.3. The summed E-state index contributed by atoms with van der Waals surface area (Å²) in [5.74, 6) is -1.47. The van der Waals surface area contributed by atoms with Crippen LogP contribution in [0.3, 0.4) is 0 Å². The molecule has 18 heavy (non-hydrogen) atoms. The van der Waals surface area contributed by atoms with E-state index in [2.05, 4.69) is 21.0 Å². The average Bonchev–Trinajstić information content (AvgIpc) is 2.78. The number of hydrogen-bond donors (Lipinski definition) is 1. The van der Waals surface area contributed by atoms with E-state index in [1.165, 1.54) is 24.4 Å². The number of nitrogens with zero attached hydrogens (tertiary/aromatic N) is 3. The fourth-order valence-electron chi connectivity index (χ4n) is 1.43. The van der Waals surface area contributed by atoms with Crippen LogP contribution in [-0.4, -0.2) is 25.8 Å². The lowest BCUT2D eigenvalue weighted by Crippen LogP contribution is -2.06. The molecule has 1 aromatic heterocycles. The second-order valence-corrected chi connectivity index (χ2v) is 4.26. The highest BCUT2D eigenvalue weighted by atomic mass is 79.9. The highest BCUT2D eigenvalue weighted by Gasteiger charge is 2.18.